The van der Waals surface area contributed by atoms with Crippen LogP contribution in [0.25, 0.3) is 0 Å². The number of carbonyl (C=O) groups is 2. The number of cyclic esters (lactones) is 2. The number of fused-ring (bicyclic) bond motifs is 2. The molecule has 2 amide bonds. The van der Waals surface area contributed by atoms with Gasteiger partial charge in [0.25, 0.3) is 8.53 Å². The van der Waals surface area contributed by atoms with Crippen LogP contribution in [0.2, 0.25) is 0 Å². The molecule has 0 saturated carbocycles. The number of rotatable bonds is 10. The number of aliphatic hydroxyl groups is 3. The van der Waals surface area contributed by atoms with E-state index >= 15 is 0 Å². The van der Waals surface area contributed by atoms with Crippen LogP contribution >= 0.6 is 8.53 Å². The summed E-state index contributed by atoms with van der Waals surface area (Å²) in [5.41, 5.74) is -0.0632. The molecule has 0 aliphatic carbocycles. The molecule has 0 bridgehead atoms. The van der Waals surface area contributed by atoms with E-state index in [1.165, 1.54) is 29.6 Å². The lowest BCUT2D eigenvalue weighted by Crippen LogP contribution is -2.35. The highest BCUT2D eigenvalue weighted by Gasteiger charge is 2.40. The van der Waals surface area contributed by atoms with Gasteiger partial charge in [0.2, 0.25) is 2.86 Å². The Balaban J connectivity index is 0.000000302. The number of hydrogen-bond acceptors (Lipinski definition) is 17. The van der Waals surface area contributed by atoms with Crippen LogP contribution < -0.4 is 22.0 Å². The van der Waals surface area contributed by atoms with Gasteiger partial charge in [-0.05, 0) is 41.5 Å². The number of carbonyl (C=O) groups excluding carboxylic acids is 2. The maximum atomic E-state index is 12.6. The number of nitrogens with one attached hydrogen (secondary N) is 2. The molecule has 4 aliphatic rings. The molecule has 2 fully saturated rings. The molecule has 2 aromatic heterocycles. The van der Waals surface area contributed by atoms with Gasteiger partial charge in [0.15, 0.2) is 0 Å². The summed E-state index contributed by atoms with van der Waals surface area (Å²) < 4.78 is 64.8. The third-order valence-electron chi connectivity index (χ3n) is 8.11. The van der Waals surface area contributed by atoms with E-state index < -0.39 is 69.0 Å². The van der Waals surface area contributed by atoms with Crippen molar-refractivity contribution in [2.75, 3.05) is 31.5 Å². The SMILES string of the molecule is [2H]C[C@H]1O[C@@H](n2cc3c(nc2=O)NC(=O)OC3)C[C@H]1O.[2H]C[C@H]1O[C@@H](n2cc3c(nc2=O)NC(=O)OC3)C[C@H]1OP(OCCC#N)N(C(C)C)C(C)C.[3H]OC.[3H]OC. The zero-order chi connectivity index (χ0) is 43.8. The van der Waals surface area contributed by atoms with Gasteiger partial charge in [0.05, 0.1) is 43.5 Å². The highest BCUT2D eigenvalue weighted by atomic mass is 31.2. The van der Waals surface area contributed by atoms with Gasteiger partial charge in [-0.25, -0.2) is 23.8 Å². The smallest absolute Gasteiger partial charge is 0.413 e. The van der Waals surface area contributed by atoms with Crippen molar-refractivity contribution in [2.24, 2.45) is 0 Å². The fraction of sp³-hybridized carbons (Fsp3) is 0.667. The number of ether oxygens (including phenoxy) is 4. The lowest BCUT2D eigenvalue weighted by atomic mass is 10.2. The lowest BCUT2D eigenvalue weighted by Gasteiger charge is -2.37. The van der Waals surface area contributed by atoms with E-state index in [1.54, 1.807) is 6.20 Å². The third kappa shape index (κ3) is 11.7. The topological polar surface area (TPSA) is 271 Å². The molecule has 1 unspecified atom stereocenters. The maximum Gasteiger partial charge on any atom is 0.413 e. The average molecular weight is 805 g/mol. The van der Waals surface area contributed by atoms with Crippen LogP contribution in [0.4, 0.5) is 21.2 Å². The number of aromatic nitrogens is 4. The highest BCUT2D eigenvalue weighted by molar-refractivity contribution is 7.44. The molecule has 4 aliphatic heterocycles. The minimum atomic E-state index is -1.52. The van der Waals surface area contributed by atoms with Crippen molar-refractivity contribution in [3.05, 3.63) is 44.5 Å². The summed E-state index contributed by atoms with van der Waals surface area (Å²) in [6.45, 7) is 8.29. The minimum Gasteiger partial charge on any atom is -0.444 e. The Hall–Kier alpha value is -4.10. The van der Waals surface area contributed by atoms with E-state index in [-0.39, 0.29) is 70.2 Å². The Labute approximate surface area is 324 Å². The van der Waals surface area contributed by atoms with Crippen molar-refractivity contribution in [2.45, 2.75) is 123 Å². The summed E-state index contributed by atoms with van der Waals surface area (Å²) in [6, 6.07) is 2.34. The summed E-state index contributed by atoms with van der Waals surface area (Å²) in [5.74, 6) is 0.354. The van der Waals surface area contributed by atoms with Crippen LogP contribution in [0.5, 0.6) is 0 Å². The molecule has 6 heterocycles. The van der Waals surface area contributed by atoms with Gasteiger partial charge in [-0.1, -0.05) is 0 Å². The van der Waals surface area contributed by atoms with Crippen LogP contribution in [-0.4, -0.2) is 111 Å². The largest absolute Gasteiger partial charge is 0.444 e. The molecule has 22 heteroatoms. The number of amides is 2. The first-order valence-corrected chi connectivity index (χ1v) is 18.2. The molecule has 7 atom stereocenters. The molecule has 2 aromatic rings. The highest BCUT2D eigenvalue weighted by Crippen LogP contribution is 2.49. The van der Waals surface area contributed by atoms with Crippen LogP contribution in [0, 0.1) is 11.3 Å². The maximum absolute atomic E-state index is 12.6. The number of hydrogen-bond donors (Lipinski definition) is 5. The Bertz CT molecular complexity index is 1830. The van der Waals surface area contributed by atoms with Crippen LogP contribution in [-0.2, 0) is 41.2 Å². The van der Waals surface area contributed by atoms with Crippen LogP contribution in [0.1, 0.15) is 87.1 Å². The van der Waals surface area contributed by atoms with Gasteiger partial charge < -0.3 is 43.3 Å². The third-order valence-corrected chi connectivity index (χ3v) is 10.3. The first-order valence-electron chi connectivity index (χ1n) is 19.3. The molecular formula is C33H51N8O13P. The summed E-state index contributed by atoms with van der Waals surface area (Å²) in [6.07, 6.45) is -1.27. The fourth-order valence-electron chi connectivity index (χ4n) is 5.69. The Morgan fingerprint density at radius 2 is 1.45 bits per heavy atom. The molecule has 6 rings (SSSR count). The molecule has 0 aromatic carbocycles. The Morgan fingerprint density at radius 3 is 1.91 bits per heavy atom. The Kier molecular flexibility index (Phi) is 15.1. The van der Waals surface area contributed by atoms with E-state index in [1.807, 2.05) is 27.7 Å². The lowest BCUT2D eigenvalue weighted by molar-refractivity contribution is -0.0103. The quantitative estimate of drug-likeness (QED) is 0.170. The molecule has 21 nitrogen and oxygen atoms in total. The summed E-state index contributed by atoms with van der Waals surface area (Å²) in [5, 5.41) is 30.4. The number of aliphatic hydroxyl groups excluding tert-OH is 3. The first-order chi connectivity index (χ1) is 28.2. The van der Waals surface area contributed by atoms with Gasteiger partial charge in [0.1, 0.15) is 37.3 Å². The van der Waals surface area contributed by atoms with Crippen LogP contribution in [0.3, 0.4) is 0 Å². The normalized spacial score (nSPS) is 25.2. The van der Waals surface area contributed by atoms with Crippen molar-refractivity contribution in [1.29, 1.82) is 8.12 Å². The first kappa shape index (κ1) is 39.1. The van der Waals surface area contributed by atoms with Gasteiger partial charge in [-0.2, -0.15) is 15.2 Å². The van der Waals surface area contributed by atoms with Gasteiger partial charge in [-0.15, -0.1) is 0 Å². The van der Waals surface area contributed by atoms with Crippen molar-refractivity contribution in [3.8, 4) is 6.07 Å². The molecule has 55 heavy (non-hydrogen) atoms. The molecule has 5 N–H and O–H groups in total. The zero-order valence-corrected chi connectivity index (χ0v) is 32.3. The fourth-order valence-corrected chi connectivity index (χ4v) is 7.45. The summed E-state index contributed by atoms with van der Waals surface area (Å²) in [7, 11) is 1.07. The second-order valence-electron chi connectivity index (χ2n) is 12.5. The molecular weight excluding hydrogens is 747 g/mol. The van der Waals surface area contributed by atoms with Crippen LogP contribution in [0.15, 0.2) is 22.0 Å². The van der Waals surface area contributed by atoms with Crippen molar-refractivity contribution < 1.29 is 55.6 Å². The second kappa shape index (κ2) is 21.3. The van der Waals surface area contributed by atoms with Gasteiger partial charge in [0, 0.05) is 65.4 Å². The Morgan fingerprint density at radius 1 is 0.964 bits per heavy atom. The molecule has 306 valence electrons. The van der Waals surface area contributed by atoms with E-state index in [9.17, 15) is 24.3 Å². The van der Waals surface area contributed by atoms with Crippen molar-refractivity contribution in [1.82, 2.24) is 23.8 Å². The monoisotopic (exact) mass is 804 g/mol. The zero-order valence-electron chi connectivity index (χ0n) is 35.4. The number of anilines is 2. The minimum absolute atomic E-state index is 0.00125. The predicted octanol–water partition coefficient (Wildman–Crippen LogP) is 2.46. The predicted molar refractivity (Wildman–Crippen MR) is 195 cm³/mol. The summed E-state index contributed by atoms with van der Waals surface area (Å²) in [4.78, 5) is 54.7. The van der Waals surface area contributed by atoms with Crippen molar-refractivity contribution in [3.63, 3.8) is 0 Å². The van der Waals surface area contributed by atoms with Crippen molar-refractivity contribution >= 4 is 32.3 Å². The average Bonchev–Trinajstić information content (AvgIpc) is 3.77. The van der Waals surface area contributed by atoms with E-state index in [0.29, 0.717) is 17.5 Å². The van der Waals surface area contributed by atoms with E-state index in [0.717, 1.165) is 0 Å². The van der Waals surface area contributed by atoms with E-state index in [2.05, 4.69) is 41.6 Å². The number of nitrogens with zero attached hydrogens (tertiary/aromatic N) is 6. The molecule has 2 saturated heterocycles. The molecule has 0 spiro atoms. The van der Waals surface area contributed by atoms with E-state index in [4.69, 9.17) is 38.9 Å². The summed E-state index contributed by atoms with van der Waals surface area (Å²) >= 11 is 0. The van der Waals surface area contributed by atoms with Gasteiger partial charge in [-0.3, -0.25) is 19.8 Å². The number of nitriles is 1. The standard InChI is InChI=1S/C20H30N5O6P.C11H13N3O5.2CH4O/c1-12(2)25(13(3)4)32(29-8-6-7-21)31-16-9-17(30-14(16)5)24-10-15-11-28-20(27)23-18(15)22-19(24)26;1-5-7(15)2-8(19-5)14-3-6-4-18-11(17)13-9(6)12-10(14)16;2*1-2/h10,12-14,16-17H,6,8-9,11H2,1-5H3,(H,22,23,26,27);3,5,7-8,15H,2,4H2,1H3,(H,12,13,16,17);2*2H,1H3/t14-,16-,17-,32?;5-,7-,8-;;/m11../s1/i5D;1D;2*2T. The molecule has 0 radical (unpaired) electrons. The van der Waals surface area contributed by atoms with Gasteiger partial charge >= 0.3 is 23.6 Å². The second-order valence-corrected chi connectivity index (χ2v) is 13.9.